The van der Waals surface area contributed by atoms with E-state index in [4.69, 9.17) is 28.3 Å². The van der Waals surface area contributed by atoms with E-state index in [1.807, 2.05) is 0 Å². The second-order valence-electron chi connectivity index (χ2n) is 4.31. The Kier molecular flexibility index (Phi) is 7.68. The molecule has 0 aromatic heterocycles. The standard InChI is InChI=1S/C14H19Cl2NO2/c15-8-10-17(11-9-16)13-6-4-12(5-7-13)2-1-3-14(18)19/h4-7H,1-3,8-11H2,(H,18,19)/p+1. The van der Waals surface area contributed by atoms with Crippen molar-refractivity contribution in [1.82, 2.24) is 0 Å². The lowest BCUT2D eigenvalue weighted by Gasteiger charge is -2.23. The van der Waals surface area contributed by atoms with Crippen LogP contribution in [0.3, 0.4) is 0 Å². The third kappa shape index (κ3) is 6.17. The fraction of sp³-hybridized carbons (Fsp3) is 0.500. The first-order chi connectivity index (χ1) is 9.17. The van der Waals surface area contributed by atoms with Gasteiger partial charge in [-0.3, -0.25) is 0 Å². The van der Waals surface area contributed by atoms with Crippen molar-refractivity contribution in [3.63, 3.8) is 0 Å². The number of rotatable bonds is 9. The molecule has 1 aromatic carbocycles. The maximum atomic E-state index is 10.6. The number of alkyl halides is 2. The molecule has 0 fully saturated rings. The Hall–Kier alpha value is -0.930. The molecule has 0 saturated carbocycles. The zero-order valence-electron chi connectivity index (χ0n) is 10.9. The first-order valence-corrected chi connectivity index (χ1v) is 7.44. The van der Waals surface area contributed by atoms with Gasteiger partial charge in [0, 0.05) is 35.3 Å². The largest absolute Gasteiger partial charge is 0.565 e. The molecule has 106 valence electrons. The van der Waals surface area contributed by atoms with Crippen molar-refractivity contribution in [1.29, 1.82) is 0 Å². The van der Waals surface area contributed by atoms with Gasteiger partial charge < -0.3 is 10.0 Å². The Labute approximate surface area is 124 Å². The fourth-order valence-corrected chi connectivity index (χ4v) is 2.31. The van der Waals surface area contributed by atoms with Crippen molar-refractivity contribution in [2.75, 3.05) is 29.7 Å². The number of hydrogen-bond acceptors (Lipinski definition) is 2. The number of hydrogen-bond donors (Lipinski definition) is 0. The van der Waals surface area contributed by atoms with Crippen LogP contribution >= 0.6 is 23.2 Å². The zero-order valence-corrected chi connectivity index (χ0v) is 12.4. The lowest BCUT2D eigenvalue weighted by Crippen LogP contribution is -2.27. The number of aryl methyl sites for hydroxylation is 1. The Morgan fingerprint density at radius 3 is 2.16 bits per heavy atom. The number of halogens is 2. The minimum Gasteiger partial charge on any atom is -0.565 e. The highest BCUT2D eigenvalue weighted by Gasteiger charge is 2.07. The molecule has 0 bridgehead atoms. The second-order valence-corrected chi connectivity index (χ2v) is 5.06. The van der Waals surface area contributed by atoms with E-state index in [2.05, 4.69) is 29.2 Å². The van der Waals surface area contributed by atoms with E-state index in [1.165, 1.54) is 5.56 Å². The van der Waals surface area contributed by atoms with Gasteiger partial charge >= 0.3 is 5.97 Å². The third-order valence-electron chi connectivity index (χ3n) is 2.88. The molecule has 5 heteroatoms. The van der Waals surface area contributed by atoms with E-state index in [9.17, 15) is 4.79 Å². The average molecular weight is 305 g/mol. The van der Waals surface area contributed by atoms with E-state index in [0.29, 0.717) is 18.2 Å². The zero-order chi connectivity index (χ0) is 14.1. The second kappa shape index (κ2) is 9.05. The summed E-state index contributed by atoms with van der Waals surface area (Å²) in [6.45, 7) is 1.56. The molecule has 0 aliphatic rings. The van der Waals surface area contributed by atoms with Gasteiger partial charge in [0.15, 0.2) is 0 Å². The summed E-state index contributed by atoms with van der Waals surface area (Å²) in [7, 11) is 0. The van der Waals surface area contributed by atoms with Crippen LogP contribution in [0.5, 0.6) is 0 Å². The summed E-state index contributed by atoms with van der Waals surface area (Å²) >= 11 is 11.6. The lowest BCUT2D eigenvalue weighted by molar-refractivity contribution is -0.137. The molecule has 19 heavy (non-hydrogen) atoms. The molecule has 1 rings (SSSR count). The highest BCUT2D eigenvalue weighted by atomic mass is 35.5. The predicted molar refractivity (Wildman–Crippen MR) is 81.7 cm³/mol. The van der Waals surface area contributed by atoms with Crippen molar-refractivity contribution in [2.24, 2.45) is 0 Å². The minimum absolute atomic E-state index is 0.326. The molecule has 0 saturated heterocycles. The molecule has 2 N–H and O–H groups in total. The molecule has 1 aromatic rings. The summed E-state index contributed by atoms with van der Waals surface area (Å²) in [4.78, 5) is 12.7. The van der Waals surface area contributed by atoms with Crippen LogP contribution in [0, 0.1) is 0 Å². The molecule has 0 unspecified atom stereocenters. The highest BCUT2D eigenvalue weighted by molar-refractivity contribution is 6.18. The van der Waals surface area contributed by atoms with E-state index in [-0.39, 0.29) is 0 Å². The molecule has 0 spiro atoms. The van der Waals surface area contributed by atoms with Gasteiger partial charge in [0.2, 0.25) is 0 Å². The Balaban J connectivity index is 2.55. The van der Waals surface area contributed by atoms with Crippen LogP contribution in [0.25, 0.3) is 0 Å². The molecule has 3 nitrogen and oxygen atoms in total. The number of nitrogens with zero attached hydrogens (tertiary/aromatic N) is 1. The lowest BCUT2D eigenvalue weighted by atomic mass is 10.1. The van der Waals surface area contributed by atoms with Gasteiger partial charge in [-0.2, -0.15) is 0 Å². The Morgan fingerprint density at radius 2 is 1.68 bits per heavy atom. The third-order valence-corrected chi connectivity index (χ3v) is 3.22. The Morgan fingerprint density at radius 1 is 1.11 bits per heavy atom. The first kappa shape index (κ1) is 16.1. The smallest absolute Gasteiger partial charge is 0.515 e. The Bertz CT molecular complexity index is 376. The van der Waals surface area contributed by atoms with Crippen LogP contribution in [0.4, 0.5) is 5.69 Å². The summed E-state index contributed by atoms with van der Waals surface area (Å²) < 4.78 is 0. The molecule has 0 amide bonds. The van der Waals surface area contributed by atoms with E-state index in [0.717, 1.165) is 31.6 Å². The van der Waals surface area contributed by atoms with E-state index < -0.39 is 5.97 Å². The van der Waals surface area contributed by atoms with Crippen molar-refractivity contribution < 1.29 is 9.90 Å². The molecule has 0 heterocycles. The van der Waals surface area contributed by atoms with E-state index >= 15 is 0 Å². The van der Waals surface area contributed by atoms with Crippen LogP contribution < -0.4 is 4.90 Å². The van der Waals surface area contributed by atoms with Crippen molar-refractivity contribution in [2.45, 2.75) is 19.3 Å². The molecular formula is C14H20Cl2NO2+. The molecule has 0 radical (unpaired) electrons. The van der Waals surface area contributed by atoms with Gasteiger partial charge in [-0.15, -0.1) is 23.2 Å². The summed E-state index contributed by atoms with van der Waals surface area (Å²) in [5.74, 6) is 0.654. The van der Waals surface area contributed by atoms with Gasteiger partial charge in [0.25, 0.3) is 0 Å². The summed E-state index contributed by atoms with van der Waals surface area (Å²) in [6.07, 6.45) is 1.89. The quantitative estimate of drug-likeness (QED) is 0.520. The molecule has 0 aliphatic heterocycles. The summed E-state index contributed by atoms with van der Waals surface area (Å²) in [5.41, 5.74) is 2.29. The number of benzene rings is 1. The van der Waals surface area contributed by atoms with Crippen LogP contribution in [0.2, 0.25) is 0 Å². The highest BCUT2D eigenvalue weighted by Crippen LogP contribution is 2.16. The topological polar surface area (TPSA) is 43.2 Å². The van der Waals surface area contributed by atoms with Gasteiger partial charge in [0.1, 0.15) is 6.42 Å². The monoisotopic (exact) mass is 304 g/mol. The number of anilines is 1. The summed E-state index contributed by atoms with van der Waals surface area (Å²) in [6, 6.07) is 8.21. The van der Waals surface area contributed by atoms with Crippen molar-refractivity contribution in [3.8, 4) is 0 Å². The van der Waals surface area contributed by atoms with Crippen LogP contribution in [0.15, 0.2) is 24.3 Å². The first-order valence-electron chi connectivity index (χ1n) is 6.37. The van der Waals surface area contributed by atoms with Crippen molar-refractivity contribution in [3.05, 3.63) is 29.8 Å². The molecule has 0 atom stereocenters. The van der Waals surface area contributed by atoms with Gasteiger partial charge in [-0.25, -0.2) is 0 Å². The minimum atomic E-state index is -0.493. The number of carbonyl (C=O) groups excluding carboxylic acids is 1. The van der Waals surface area contributed by atoms with Gasteiger partial charge in [-0.05, 0) is 30.5 Å². The van der Waals surface area contributed by atoms with Crippen LogP contribution in [0.1, 0.15) is 18.4 Å². The van der Waals surface area contributed by atoms with Gasteiger partial charge in [0.05, 0.1) is 0 Å². The average Bonchev–Trinajstić information content (AvgIpc) is 2.39. The summed E-state index contributed by atoms with van der Waals surface area (Å²) in [5, 5.41) is 6.86. The predicted octanol–water partition coefficient (Wildman–Crippen LogP) is 2.54. The normalized spacial score (nSPS) is 10.4. The molecular weight excluding hydrogens is 285 g/mol. The van der Waals surface area contributed by atoms with Crippen LogP contribution in [-0.2, 0) is 11.2 Å². The van der Waals surface area contributed by atoms with Gasteiger partial charge in [-0.1, -0.05) is 12.1 Å². The maximum absolute atomic E-state index is 10.6. The SMILES string of the molecule is O=C([OH2+])CCCc1ccc(N(CCCl)CCCl)cc1. The van der Waals surface area contributed by atoms with Crippen LogP contribution in [-0.4, -0.2) is 35.9 Å². The number of carbonyl (C=O) groups is 1. The van der Waals surface area contributed by atoms with Crippen molar-refractivity contribution >= 4 is 34.9 Å². The molecule has 0 aliphatic carbocycles. The van der Waals surface area contributed by atoms with E-state index in [1.54, 1.807) is 0 Å². The maximum Gasteiger partial charge on any atom is 0.515 e. The fourth-order valence-electron chi connectivity index (χ4n) is 1.90.